The van der Waals surface area contributed by atoms with Gasteiger partial charge in [0.1, 0.15) is 11.0 Å². The minimum Gasteiger partial charge on any atom is -0.172 e. The summed E-state index contributed by atoms with van der Waals surface area (Å²) in [4.78, 5) is 0. The molecule has 41 heavy (non-hydrogen) atoms. The average Bonchev–Trinajstić information content (AvgIpc) is 3.53. The summed E-state index contributed by atoms with van der Waals surface area (Å²) in [5.41, 5.74) is 6.61. The van der Waals surface area contributed by atoms with Crippen molar-refractivity contribution in [2.45, 2.75) is 0 Å². The fourth-order valence-electron chi connectivity index (χ4n) is 7.24. The Labute approximate surface area is 239 Å². The van der Waals surface area contributed by atoms with E-state index in [1.807, 2.05) is 0 Å². The van der Waals surface area contributed by atoms with Gasteiger partial charge in [-0.2, -0.15) is 8.75 Å². The Morgan fingerprint density at radius 2 is 0.659 bits per heavy atom. The third-order valence-corrected chi connectivity index (χ3v) is 9.58. The molecule has 0 aliphatic carbocycles. The van der Waals surface area contributed by atoms with Gasteiger partial charge in [0.05, 0.1) is 11.7 Å². The Kier molecular flexibility index (Phi) is 4.10. The maximum atomic E-state index is 4.88. The molecule has 0 spiro atoms. The normalized spacial score (nSPS) is 12.4. The lowest BCUT2D eigenvalue weighted by atomic mass is 9.87. The van der Waals surface area contributed by atoms with Crippen molar-refractivity contribution >= 4 is 87.4 Å². The molecule has 0 aliphatic heterocycles. The first kappa shape index (κ1) is 21.7. The Morgan fingerprint density at radius 3 is 1.10 bits per heavy atom. The smallest absolute Gasteiger partial charge is 0.113 e. The van der Waals surface area contributed by atoms with Crippen LogP contribution in [-0.4, -0.2) is 8.75 Å². The molecule has 0 saturated carbocycles. The van der Waals surface area contributed by atoms with E-state index in [0.29, 0.717) is 0 Å². The highest BCUT2D eigenvalue weighted by Gasteiger charge is 2.19. The molecule has 1 heterocycles. The fourth-order valence-corrected chi connectivity index (χ4v) is 7.82. The van der Waals surface area contributed by atoms with Gasteiger partial charge >= 0.3 is 0 Å². The molecule has 0 radical (unpaired) electrons. The third kappa shape index (κ3) is 2.81. The predicted molar refractivity (Wildman–Crippen MR) is 176 cm³/mol. The second kappa shape index (κ2) is 7.75. The van der Waals surface area contributed by atoms with Crippen molar-refractivity contribution < 1.29 is 0 Å². The first-order chi connectivity index (χ1) is 20.3. The van der Waals surface area contributed by atoms with Gasteiger partial charge in [0.2, 0.25) is 0 Å². The molecule has 0 fully saturated rings. The molecule has 0 N–H and O–H groups in total. The number of hydrogen-bond donors (Lipinski definition) is 0. The molecule has 0 unspecified atom stereocenters. The van der Waals surface area contributed by atoms with Crippen molar-refractivity contribution in [2.75, 3.05) is 0 Å². The van der Waals surface area contributed by atoms with E-state index in [1.54, 1.807) is 0 Å². The zero-order chi connectivity index (χ0) is 26.7. The van der Waals surface area contributed by atoms with Crippen molar-refractivity contribution in [1.29, 1.82) is 0 Å². The van der Waals surface area contributed by atoms with Crippen LogP contribution in [0.5, 0.6) is 0 Å². The quantitative estimate of drug-likeness (QED) is 0.205. The molecule has 10 rings (SSSR count). The van der Waals surface area contributed by atoms with Crippen LogP contribution in [0.4, 0.5) is 0 Å². The molecule has 1 aromatic heterocycles. The summed E-state index contributed by atoms with van der Waals surface area (Å²) in [6, 6.07) is 44.7. The molecular weight excluding hydrogens is 516 g/mol. The summed E-state index contributed by atoms with van der Waals surface area (Å²) in [5.74, 6) is 0. The predicted octanol–water partition coefficient (Wildman–Crippen LogP) is 10.8. The highest BCUT2D eigenvalue weighted by molar-refractivity contribution is 7.00. The molecule has 0 bridgehead atoms. The summed E-state index contributed by atoms with van der Waals surface area (Å²) < 4.78 is 9.77. The SMILES string of the molecule is c1cc2ccc3ccc(-c4ccc(-c5ccc6ccc7cccc8ccc5c6c78)c5nsnc45)c4ccc(c1)c2c34. The van der Waals surface area contributed by atoms with Crippen LogP contribution in [0.3, 0.4) is 0 Å². The van der Waals surface area contributed by atoms with Gasteiger partial charge in [0, 0.05) is 11.1 Å². The van der Waals surface area contributed by atoms with Crippen LogP contribution in [0.25, 0.3) is 97.9 Å². The lowest BCUT2D eigenvalue weighted by molar-refractivity contribution is 1.61. The molecular formula is C38H20N2S. The molecule has 9 aromatic carbocycles. The number of aromatic nitrogens is 2. The van der Waals surface area contributed by atoms with E-state index in [2.05, 4.69) is 121 Å². The number of fused-ring (bicyclic) bond motifs is 1. The van der Waals surface area contributed by atoms with Gasteiger partial charge in [-0.05, 0) is 75.8 Å². The van der Waals surface area contributed by atoms with Gasteiger partial charge in [-0.1, -0.05) is 121 Å². The van der Waals surface area contributed by atoms with E-state index in [1.165, 1.54) is 87.5 Å². The van der Waals surface area contributed by atoms with Gasteiger partial charge in [-0.25, -0.2) is 0 Å². The minimum atomic E-state index is 0.966. The Morgan fingerprint density at radius 1 is 0.317 bits per heavy atom. The summed E-state index contributed by atoms with van der Waals surface area (Å²) in [7, 11) is 0. The molecule has 0 amide bonds. The van der Waals surface area contributed by atoms with Gasteiger partial charge < -0.3 is 0 Å². The molecule has 3 heteroatoms. The molecule has 2 nitrogen and oxygen atoms in total. The van der Waals surface area contributed by atoms with E-state index in [9.17, 15) is 0 Å². The first-order valence-electron chi connectivity index (χ1n) is 13.9. The Bertz CT molecular complexity index is 2430. The van der Waals surface area contributed by atoms with Crippen LogP contribution in [0.2, 0.25) is 0 Å². The van der Waals surface area contributed by atoms with E-state index < -0.39 is 0 Å². The van der Waals surface area contributed by atoms with Gasteiger partial charge in [-0.15, -0.1) is 0 Å². The molecule has 0 atom stereocenters. The highest BCUT2D eigenvalue weighted by atomic mass is 32.1. The van der Waals surface area contributed by atoms with Gasteiger partial charge in [0.25, 0.3) is 0 Å². The minimum absolute atomic E-state index is 0.966. The third-order valence-electron chi connectivity index (χ3n) is 9.05. The monoisotopic (exact) mass is 536 g/mol. The lowest BCUT2D eigenvalue weighted by Gasteiger charge is -2.16. The van der Waals surface area contributed by atoms with Gasteiger partial charge in [0.15, 0.2) is 0 Å². The average molecular weight is 537 g/mol. The largest absolute Gasteiger partial charge is 0.172 e. The molecule has 188 valence electrons. The molecule has 0 saturated heterocycles. The number of nitrogens with zero attached hydrogens (tertiary/aromatic N) is 2. The molecule has 10 aromatic rings. The summed E-state index contributed by atoms with van der Waals surface area (Å²) >= 11 is 1.30. The van der Waals surface area contributed by atoms with Crippen LogP contribution < -0.4 is 0 Å². The van der Waals surface area contributed by atoms with Gasteiger partial charge in [-0.3, -0.25) is 0 Å². The first-order valence-corrected chi connectivity index (χ1v) is 14.7. The second-order valence-corrected chi connectivity index (χ2v) is 11.6. The van der Waals surface area contributed by atoms with E-state index >= 15 is 0 Å². The van der Waals surface area contributed by atoms with Crippen LogP contribution in [0.1, 0.15) is 0 Å². The highest BCUT2D eigenvalue weighted by Crippen LogP contribution is 2.44. The number of benzene rings is 9. The summed E-state index contributed by atoms with van der Waals surface area (Å²) in [6.45, 7) is 0. The van der Waals surface area contributed by atoms with E-state index in [4.69, 9.17) is 8.75 Å². The lowest BCUT2D eigenvalue weighted by Crippen LogP contribution is -1.91. The molecule has 0 aliphatic rings. The summed E-state index contributed by atoms with van der Waals surface area (Å²) in [6.07, 6.45) is 0. The zero-order valence-electron chi connectivity index (χ0n) is 21.8. The van der Waals surface area contributed by atoms with Crippen molar-refractivity contribution in [3.8, 4) is 22.3 Å². The maximum absolute atomic E-state index is 4.88. The van der Waals surface area contributed by atoms with Crippen LogP contribution >= 0.6 is 11.7 Å². The second-order valence-electron chi connectivity index (χ2n) is 11.1. The zero-order valence-corrected chi connectivity index (χ0v) is 22.7. The summed E-state index contributed by atoms with van der Waals surface area (Å²) in [5, 5.41) is 15.5. The van der Waals surface area contributed by atoms with Crippen molar-refractivity contribution in [1.82, 2.24) is 8.75 Å². The van der Waals surface area contributed by atoms with Crippen LogP contribution in [0.15, 0.2) is 121 Å². The maximum Gasteiger partial charge on any atom is 0.113 e. The Hall–Kier alpha value is -5.12. The van der Waals surface area contributed by atoms with Crippen molar-refractivity contribution in [2.24, 2.45) is 0 Å². The topological polar surface area (TPSA) is 25.8 Å². The van der Waals surface area contributed by atoms with E-state index in [0.717, 1.165) is 22.2 Å². The number of rotatable bonds is 2. The fraction of sp³-hybridized carbons (Fsp3) is 0. The number of hydrogen-bond acceptors (Lipinski definition) is 3. The van der Waals surface area contributed by atoms with Crippen LogP contribution in [-0.2, 0) is 0 Å². The Balaban J connectivity index is 1.25. The van der Waals surface area contributed by atoms with Crippen LogP contribution in [0, 0.1) is 0 Å². The standard InChI is InChI=1S/C38H20N2S/c1-3-21-7-9-25-11-15-27(29-17-13-23(5-1)33(21)35(25)29)31-19-20-32(38-37(31)39-41-40-38)28-16-12-26-10-8-22-4-2-6-24-14-18-30(28)36(26)34(22)24/h1-20H. The van der Waals surface area contributed by atoms with E-state index in [-0.39, 0.29) is 0 Å². The van der Waals surface area contributed by atoms with Crippen molar-refractivity contribution in [3.05, 3.63) is 121 Å². The van der Waals surface area contributed by atoms with Crippen molar-refractivity contribution in [3.63, 3.8) is 0 Å².